The maximum Gasteiger partial charge on any atom is 0.239 e. The minimum atomic E-state index is -0.326. The Morgan fingerprint density at radius 2 is 1.97 bits per heavy atom. The molecule has 2 heterocycles. The van der Waals surface area contributed by atoms with Gasteiger partial charge in [0.2, 0.25) is 11.8 Å². The molecule has 0 spiro atoms. The fourth-order valence-corrected chi connectivity index (χ4v) is 3.26. The molecular weight excluding hydrogens is 377 g/mol. The Hall–Kier alpha value is -2.78. The van der Waals surface area contributed by atoms with Gasteiger partial charge < -0.3 is 15.2 Å². The number of rotatable bonds is 7. The molecule has 1 aliphatic rings. The van der Waals surface area contributed by atoms with E-state index < -0.39 is 0 Å². The summed E-state index contributed by atoms with van der Waals surface area (Å²) in [5.41, 5.74) is 0.464. The smallest absolute Gasteiger partial charge is 0.239 e. The molecule has 2 N–H and O–H groups in total. The molecule has 1 aromatic carbocycles. The van der Waals surface area contributed by atoms with Crippen LogP contribution in [0.1, 0.15) is 18.2 Å². The van der Waals surface area contributed by atoms with Gasteiger partial charge in [0.05, 0.1) is 12.6 Å². The maximum atomic E-state index is 13.7. The fraction of sp³-hybridized carbons (Fsp3) is 0.450. The van der Waals surface area contributed by atoms with Crippen LogP contribution in [0.25, 0.3) is 0 Å². The van der Waals surface area contributed by atoms with Crippen molar-refractivity contribution in [2.75, 3.05) is 38.0 Å². The van der Waals surface area contributed by atoms with Gasteiger partial charge in [-0.2, -0.15) is 0 Å². The largest absolute Gasteiger partial charge is 0.360 e. The summed E-state index contributed by atoms with van der Waals surface area (Å²) in [6.45, 7) is 6.72. The van der Waals surface area contributed by atoms with Crippen LogP contribution in [0.15, 0.2) is 34.9 Å². The van der Waals surface area contributed by atoms with E-state index in [1.54, 1.807) is 31.2 Å². The standard InChI is InChI=1S/C20H26FN5O3/c1-14-11-18(24-29-14)23-19(27)13-25-7-9-26(10-8-25)15(2)20(28)22-12-16-5-3-4-6-17(16)21/h3-6,11,15H,7-10,12-13H2,1-2H3,(H,22,28)(H,23,24,27). The van der Waals surface area contributed by atoms with Crippen molar-refractivity contribution in [2.45, 2.75) is 26.4 Å². The third-order valence-electron chi connectivity index (χ3n) is 5.01. The summed E-state index contributed by atoms with van der Waals surface area (Å²) in [6, 6.07) is 7.74. The topological polar surface area (TPSA) is 90.7 Å². The number of piperazine rings is 1. The molecule has 1 fully saturated rings. The van der Waals surface area contributed by atoms with Crippen molar-refractivity contribution in [2.24, 2.45) is 0 Å². The zero-order chi connectivity index (χ0) is 20.8. The number of aromatic nitrogens is 1. The van der Waals surface area contributed by atoms with Crippen LogP contribution in [-0.2, 0) is 16.1 Å². The van der Waals surface area contributed by atoms with E-state index in [1.165, 1.54) is 6.07 Å². The molecule has 3 rings (SSSR count). The van der Waals surface area contributed by atoms with Crippen LogP contribution in [0.3, 0.4) is 0 Å². The van der Waals surface area contributed by atoms with Crippen LogP contribution in [0.4, 0.5) is 10.2 Å². The predicted molar refractivity (Wildman–Crippen MR) is 106 cm³/mol. The highest BCUT2D eigenvalue weighted by molar-refractivity contribution is 5.91. The van der Waals surface area contributed by atoms with Gasteiger partial charge in [-0.25, -0.2) is 4.39 Å². The number of anilines is 1. The Balaban J connectivity index is 1.40. The second kappa shape index (κ2) is 9.62. The van der Waals surface area contributed by atoms with Gasteiger partial charge in [0, 0.05) is 44.4 Å². The number of hydrogen-bond acceptors (Lipinski definition) is 6. The van der Waals surface area contributed by atoms with Gasteiger partial charge in [0.15, 0.2) is 5.82 Å². The third-order valence-corrected chi connectivity index (χ3v) is 5.01. The second-order valence-electron chi connectivity index (χ2n) is 7.17. The average Bonchev–Trinajstić information content (AvgIpc) is 3.11. The van der Waals surface area contributed by atoms with Gasteiger partial charge in [-0.3, -0.25) is 19.4 Å². The van der Waals surface area contributed by atoms with E-state index in [9.17, 15) is 14.0 Å². The summed E-state index contributed by atoms with van der Waals surface area (Å²) in [7, 11) is 0. The lowest BCUT2D eigenvalue weighted by molar-refractivity contribution is -0.127. The molecule has 0 bridgehead atoms. The van der Waals surface area contributed by atoms with Crippen molar-refractivity contribution in [3.63, 3.8) is 0 Å². The molecule has 1 aromatic heterocycles. The average molecular weight is 403 g/mol. The minimum absolute atomic E-state index is 0.138. The number of aryl methyl sites for hydroxylation is 1. The van der Waals surface area contributed by atoms with Crippen LogP contribution in [0, 0.1) is 12.7 Å². The van der Waals surface area contributed by atoms with Crippen molar-refractivity contribution < 1.29 is 18.5 Å². The zero-order valence-electron chi connectivity index (χ0n) is 16.7. The fourth-order valence-electron chi connectivity index (χ4n) is 3.26. The number of halogens is 1. The molecule has 2 amide bonds. The van der Waals surface area contributed by atoms with Crippen molar-refractivity contribution in [3.8, 4) is 0 Å². The van der Waals surface area contributed by atoms with E-state index in [4.69, 9.17) is 4.52 Å². The molecule has 1 unspecified atom stereocenters. The van der Waals surface area contributed by atoms with Crippen LogP contribution in [0.5, 0.6) is 0 Å². The highest BCUT2D eigenvalue weighted by Crippen LogP contribution is 2.10. The molecule has 29 heavy (non-hydrogen) atoms. The SMILES string of the molecule is Cc1cc(NC(=O)CN2CCN(C(C)C(=O)NCc3ccccc3F)CC2)no1. The third kappa shape index (κ3) is 5.85. The summed E-state index contributed by atoms with van der Waals surface area (Å²) in [5, 5.41) is 9.25. The van der Waals surface area contributed by atoms with Gasteiger partial charge >= 0.3 is 0 Å². The van der Waals surface area contributed by atoms with E-state index in [2.05, 4.69) is 20.7 Å². The molecule has 0 radical (unpaired) electrons. The number of benzene rings is 1. The molecule has 0 aliphatic carbocycles. The summed E-state index contributed by atoms with van der Waals surface area (Å²) < 4.78 is 18.6. The Bertz CT molecular complexity index is 848. The van der Waals surface area contributed by atoms with E-state index in [-0.39, 0.29) is 36.8 Å². The van der Waals surface area contributed by atoms with Crippen molar-refractivity contribution in [1.29, 1.82) is 0 Å². The Kier molecular flexibility index (Phi) is 6.95. The number of hydrogen-bond donors (Lipinski definition) is 2. The predicted octanol–water partition coefficient (Wildman–Crippen LogP) is 1.38. The highest BCUT2D eigenvalue weighted by atomic mass is 19.1. The van der Waals surface area contributed by atoms with Gasteiger partial charge in [-0.1, -0.05) is 23.4 Å². The summed E-state index contributed by atoms with van der Waals surface area (Å²) in [6.07, 6.45) is 0. The summed E-state index contributed by atoms with van der Waals surface area (Å²) >= 11 is 0. The molecule has 9 heteroatoms. The quantitative estimate of drug-likeness (QED) is 0.726. The minimum Gasteiger partial charge on any atom is -0.360 e. The summed E-state index contributed by atoms with van der Waals surface area (Å²) in [5.74, 6) is 0.430. The molecule has 156 valence electrons. The number of carbonyl (C=O) groups excluding carboxylic acids is 2. The van der Waals surface area contributed by atoms with E-state index in [0.717, 1.165) is 0 Å². The van der Waals surface area contributed by atoms with Crippen LogP contribution in [-0.4, -0.2) is 65.5 Å². The molecule has 8 nitrogen and oxygen atoms in total. The van der Waals surface area contributed by atoms with Crippen LogP contribution in [0.2, 0.25) is 0 Å². The molecule has 1 saturated heterocycles. The lowest BCUT2D eigenvalue weighted by Crippen LogP contribution is -2.54. The zero-order valence-corrected chi connectivity index (χ0v) is 16.7. The number of nitrogens with zero attached hydrogens (tertiary/aromatic N) is 3. The lowest BCUT2D eigenvalue weighted by atomic mass is 10.2. The van der Waals surface area contributed by atoms with Gasteiger partial charge in [-0.05, 0) is 19.9 Å². The first-order chi connectivity index (χ1) is 13.9. The first-order valence-corrected chi connectivity index (χ1v) is 9.63. The van der Waals surface area contributed by atoms with Crippen molar-refractivity contribution in [3.05, 3.63) is 47.5 Å². The lowest BCUT2D eigenvalue weighted by Gasteiger charge is -2.37. The van der Waals surface area contributed by atoms with Gasteiger partial charge in [-0.15, -0.1) is 0 Å². The first kappa shape index (κ1) is 20.9. The maximum absolute atomic E-state index is 13.7. The Morgan fingerprint density at radius 3 is 2.62 bits per heavy atom. The van der Waals surface area contributed by atoms with Crippen LogP contribution < -0.4 is 10.6 Å². The van der Waals surface area contributed by atoms with Crippen molar-refractivity contribution >= 4 is 17.6 Å². The summed E-state index contributed by atoms with van der Waals surface area (Å²) in [4.78, 5) is 28.6. The molecule has 0 saturated carbocycles. The highest BCUT2D eigenvalue weighted by Gasteiger charge is 2.26. The number of nitrogens with one attached hydrogen (secondary N) is 2. The van der Waals surface area contributed by atoms with E-state index in [0.29, 0.717) is 43.3 Å². The van der Waals surface area contributed by atoms with Crippen LogP contribution >= 0.6 is 0 Å². The van der Waals surface area contributed by atoms with E-state index in [1.807, 2.05) is 11.8 Å². The molecular formula is C20H26FN5O3. The van der Waals surface area contributed by atoms with E-state index >= 15 is 0 Å². The van der Waals surface area contributed by atoms with Gasteiger partial charge in [0.25, 0.3) is 0 Å². The van der Waals surface area contributed by atoms with Gasteiger partial charge in [0.1, 0.15) is 11.6 Å². The monoisotopic (exact) mass is 403 g/mol. The van der Waals surface area contributed by atoms with Crippen molar-refractivity contribution in [1.82, 2.24) is 20.3 Å². The molecule has 1 aliphatic heterocycles. The Labute approximate surface area is 169 Å². The normalized spacial score (nSPS) is 16.4. The number of carbonyl (C=O) groups is 2. The second-order valence-corrected chi connectivity index (χ2v) is 7.17. The molecule has 1 atom stereocenters. The number of amides is 2. The Morgan fingerprint density at radius 1 is 1.24 bits per heavy atom. The molecule has 2 aromatic rings. The first-order valence-electron chi connectivity index (χ1n) is 9.63.